The van der Waals surface area contributed by atoms with E-state index in [0.29, 0.717) is 12.6 Å². The number of aromatic nitrogens is 1. The van der Waals surface area contributed by atoms with Crippen molar-refractivity contribution in [2.24, 2.45) is 5.73 Å². The van der Waals surface area contributed by atoms with Crippen LogP contribution in [0.3, 0.4) is 0 Å². The molecular weight excluding hydrogens is 240 g/mol. The Morgan fingerprint density at radius 3 is 2.53 bits per heavy atom. The molecule has 1 saturated carbocycles. The molecule has 0 amide bonds. The molecule has 1 atom stereocenters. The Kier molecular flexibility index (Phi) is 3.99. The van der Waals surface area contributed by atoms with Crippen molar-refractivity contribution in [2.75, 3.05) is 6.61 Å². The molecule has 1 aromatic heterocycles. The SMILES string of the molecule is CCOC(=O)c1c(CC(C)N)c(C)n(C2CC2)c1C. The van der Waals surface area contributed by atoms with Crippen molar-refractivity contribution in [1.29, 1.82) is 0 Å². The average molecular weight is 264 g/mol. The molecule has 0 spiro atoms. The van der Waals surface area contributed by atoms with E-state index in [2.05, 4.69) is 11.5 Å². The summed E-state index contributed by atoms with van der Waals surface area (Å²) in [6.07, 6.45) is 3.13. The lowest BCUT2D eigenvalue weighted by Crippen LogP contribution is -2.20. The summed E-state index contributed by atoms with van der Waals surface area (Å²) in [6, 6.07) is 0.608. The van der Waals surface area contributed by atoms with Crippen molar-refractivity contribution in [2.45, 2.75) is 59.0 Å². The number of ether oxygens (including phenoxy) is 1. The van der Waals surface area contributed by atoms with Gasteiger partial charge in [-0.15, -0.1) is 0 Å². The van der Waals surface area contributed by atoms with Crippen LogP contribution in [0, 0.1) is 13.8 Å². The lowest BCUT2D eigenvalue weighted by atomic mass is 10.0. The van der Waals surface area contributed by atoms with Gasteiger partial charge in [0.1, 0.15) is 0 Å². The first kappa shape index (κ1) is 14.1. The standard InChI is InChI=1S/C15H24N2O2/c1-5-19-15(18)14-11(4)17(12-6-7-12)10(3)13(14)8-9(2)16/h9,12H,5-8,16H2,1-4H3. The smallest absolute Gasteiger partial charge is 0.340 e. The van der Waals surface area contributed by atoms with Gasteiger partial charge in [0, 0.05) is 23.5 Å². The molecule has 1 aliphatic rings. The molecule has 0 aliphatic heterocycles. The van der Waals surface area contributed by atoms with Gasteiger partial charge in [-0.05, 0) is 52.5 Å². The number of hydrogen-bond donors (Lipinski definition) is 1. The van der Waals surface area contributed by atoms with Crippen molar-refractivity contribution in [3.05, 3.63) is 22.5 Å². The lowest BCUT2D eigenvalue weighted by molar-refractivity contribution is 0.0524. The summed E-state index contributed by atoms with van der Waals surface area (Å²) in [5, 5.41) is 0. The van der Waals surface area contributed by atoms with Crippen LogP contribution in [-0.2, 0) is 11.2 Å². The Bertz CT molecular complexity index is 485. The van der Waals surface area contributed by atoms with Gasteiger partial charge >= 0.3 is 5.97 Å². The quantitative estimate of drug-likeness (QED) is 0.831. The molecule has 106 valence electrons. The molecule has 2 rings (SSSR count). The van der Waals surface area contributed by atoms with Gasteiger partial charge in [-0.2, -0.15) is 0 Å². The Hall–Kier alpha value is -1.29. The number of rotatable bonds is 5. The van der Waals surface area contributed by atoms with Gasteiger partial charge in [-0.3, -0.25) is 0 Å². The van der Waals surface area contributed by atoms with Gasteiger partial charge in [-0.25, -0.2) is 4.79 Å². The summed E-state index contributed by atoms with van der Waals surface area (Å²) in [7, 11) is 0. The Morgan fingerprint density at radius 1 is 1.42 bits per heavy atom. The van der Waals surface area contributed by atoms with Crippen LogP contribution in [0.1, 0.15) is 60.0 Å². The second-order valence-corrected chi connectivity index (χ2v) is 5.53. The fourth-order valence-corrected chi connectivity index (χ4v) is 2.84. The Labute approximate surface area is 114 Å². The van der Waals surface area contributed by atoms with Crippen LogP contribution in [0.25, 0.3) is 0 Å². The van der Waals surface area contributed by atoms with Gasteiger partial charge in [0.25, 0.3) is 0 Å². The van der Waals surface area contributed by atoms with Crippen molar-refractivity contribution in [1.82, 2.24) is 4.57 Å². The number of nitrogens with two attached hydrogens (primary N) is 1. The Morgan fingerprint density at radius 2 is 2.05 bits per heavy atom. The molecule has 2 N–H and O–H groups in total. The third-order valence-corrected chi connectivity index (χ3v) is 3.74. The largest absolute Gasteiger partial charge is 0.462 e. The predicted octanol–water partition coefficient (Wildman–Crippen LogP) is 2.51. The zero-order chi connectivity index (χ0) is 14.2. The second kappa shape index (κ2) is 5.37. The molecule has 1 fully saturated rings. The van der Waals surface area contributed by atoms with E-state index in [-0.39, 0.29) is 12.0 Å². The number of nitrogens with zero attached hydrogens (tertiary/aromatic N) is 1. The van der Waals surface area contributed by atoms with Crippen LogP contribution in [0.5, 0.6) is 0 Å². The minimum absolute atomic E-state index is 0.0429. The summed E-state index contributed by atoms with van der Waals surface area (Å²) in [6.45, 7) is 8.32. The van der Waals surface area contributed by atoms with Crippen LogP contribution >= 0.6 is 0 Å². The monoisotopic (exact) mass is 264 g/mol. The average Bonchev–Trinajstić information content (AvgIpc) is 3.09. The topological polar surface area (TPSA) is 57.2 Å². The second-order valence-electron chi connectivity index (χ2n) is 5.53. The zero-order valence-electron chi connectivity index (χ0n) is 12.3. The van der Waals surface area contributed by atoms with Crippen LogP contribution in [0.4, 0.5) is 0 Å². The van der Waals surface area contributed by atoms with E-state index in [4.69, 9.17) is 10.5 Å². The molecule has 0 saturated heterocycles. The third-order valence-electron chi connectivity index (χ3n) is 3.74. The lowest BCUT2D eigenvalue weighted by Gasteiger charge is -2.09. The van der Waals surface area contributed by atoms with Crippen LogP contribution < -0.4 is 5.73 Å². The molecule has 0 bridgehead atoms. The number of carbonyl (C=O) groups is 1. The maximum Gasteiger partial charge on any atom is 0.340 e. The van der Waals surface area contributed by atoms with E-state index in [1.165, 1.54) is 18.5 Å². The zero-order valence-corrected chi connectivity index (χ0v) is 12.3. The van der Waals surface area contributed by atoms with E-state index >= 15 is 0 Å². The summed E-state index contributed by atoms with van der Waals surface area (Å²) in [5.41, 5.74) is 9.95. The number of esters is 1. The molecule has 1 aliphatic carbocycles. The van der Waals surface area contributed by atoms with E-state index in [1.54, 1.807) is 0 Å². The summed E-state index contributed by atoms with van der Waals surface area (Å²) < 4.78 is 7.50. The highest BCUT2D eigenvalue weighted by molar-refractivity contribution is 5.93. The molecule has 1 aromatic rings. The summed E-state index contributed by atoms with van der Waals surface area (Å²) in [4.78, 5) is 12.2. The van der Waals surface area contributed by atoms with Crippen molar-refractivity contribution in [3.63, 3.8) is 0 Å². The fraction of sp³-hybridized carbons (Fsp3) is 0.667. The fourth-order valence-electron chi connectivity index (χ4n) is 2.84. The highest BCUT2D eigenvalue weighted by Crippen LogP contribution is 2.40. The van der Waals surface area contributed by atoms with Gasteiger partial charge in [-0.1, -0.05) is 0 Å². The normalized spacial score (nSPS) is 16.5. The Balaban J connectivity index is 2.48. The molecule has 0 aromatic carbocycles. The maximum absolute atomic E-state index is 12.2. The van der Waals surface area contributed by atoms with Gasteiger partial charge in [0.2, 0.25) is 0 Å². The molecular formula is C15H24N2O2. The first-order valence-electron chi connectivity index (χ1n) is 7.10. The molecule has 1 unspecified atom stereocenters. The van der Waals surface area contributed by atoms with Crippen molar-refractivity contribution < 1.29 is 9.53 Å². The molecule has 4 heteroatoms. The molecule has 0 radical (unpaired) electrons. The van der Waals surface area contributed by atoms with Crippen LogP contribution in [0.2, 0.25) is 0 Å². The van der Waals surface area contributed by atoms with E-state index in [9.17, 15) is 4.79 Å². The van der Waals surface area contributed by atoms with E-state index < -0.39 is 0 Å². The van der Waals surface area contributed by atoms with Crippen molar-refractivity contribution in [3.8, 4) is 0 Å². The van der Waals surface area contributed by atoms with Gasteiger partial charge in [0.05, 0.1) is 12.2 Å². The highest BCUT2D eigenvalue weighted by Gasteiger charge is 2.32. The minimum atomic E-state index is -0.210. The third kappa shape index (κ3) is 2.68. The van der Waals surface area contributed by atoms with Crippen LogP contribution in [0.15, 0.2) is 0 Å². The summed E-state index contributed by atoms with van der Waals surface area (Å²) in [5.74, 6) is -0.210. The highest BCUT2D eigenvalue weighted by atomic mass is 16.5. The van der Waals surface area contributed by atoms with Gasteiger partial charge in [0.15, 0.2) is 0 Å². The predicted molar refractivity (Wildman–Crippen MR) is 75.5 cm³/mol. The first-order chi connectivity index (χ1) is 8.97. The van der Waals surface area contributed by atoms with Gasteiger partial charge < -0.3 is 15.0 Å². The maximum atomic E-state index is 12.2. The number of hydrogen-bond acceptors (Lipinski definition) is 3. The molecule has 19 heavy (non-hydrogen) atoms. The molecule has 1 heterocycles. The van der Waals surface area contributed by atoms with E-state index in [1.807, 2.05) is 20.8 Å². The first-order valence-corrected chi connectivity index (χ1v) is 7.10. The number of carbonyl (C=O) groups excluding carboxylic acids is 1. The summed E-state index contributed by atoms with van der Waals surface area (Å²) >= 11 is 0. The minimum Gasteiger partial charge on any atom is -0.462 e. The van der Waals surface area contributed by atoms with Crippen molar-refractivity contribution >= 4 is 5.97 Å². The van der Waals surface area contributed by atoms with E-state index in [0.717, 1.165) is 23.2 Å². The molecule has 4 nitrogen and oxygen atoms in total. The van der Waals surface area contributed by atoms with Crippen LogP contribution in [-0.4, -0.2) is 23.2 Å².